The molecule has 2 aromatic heterocycles. The van der Waals surface area contributed by atoms with Gasteiger partial charge in [-0.15, -0.1) is 0 Å². The van der Waals surface area contributed by atoms with Crippen molar-refractivity contribution in [1.29, 1.82) is 0 Å². The molecule has 3 heteroatoms. The van der Waals surface area contributed by atoms with E-state index in [4.69, 9.17) is 8.83 Å². The molecule has 0 atom stereocenters. The van der Waals surface area contributed by atoms with Crippen molar-refractivity contribution < 1.29 is 8.83 Å². The number of anilines is 3. The van der Waals surface area contributed by atoms with Gasteiger partial charge in [0.1, 0.15) is 22.3 Å². The predicted octanol–water partition coefficient (Wildman–Crippen LogP) is 14.0. The highest BCUT2D eigenvalue weighted by Crippen LogP contribution is 2.47. The van der Waals surface area contributed by atoms with Crippen molar-refractivity contribution in [2.75, 3.05) is 4.90 Å². The van der Waals surface area contributed by atoms with Gasteiger partial charge >= 0.3 is 0 Å². The SMILES string of the molecule is c1ccc(-c2ccccc2-c2ccccc2N(c2ccc(-c3ccc4c(c3)oc3ccccc34)cc2)c2cccc3oc4ccccc4c23)cc1. The van der Waals surface area contributed by atoms with Crippen LogP contribution in [0.3, 0.4) is 0 Å². The number of hydrogen-bond acceptors (Lipinski definition) is 3. The molecule has 0 unspecified atom stereocenters. The Balaban J connectivity index is 1.17. The minimum atomic E-state index is 0.858. The molecule has 0 saturated heterocycles. The van der Waals surface area contributed by atoms with E-state index in [1.54, 1.807) is 0 Å². The lowest BCUT2D eigenvalue weighted by molar-refractivity contribution is 0.668. The zero-order valence-corrected chi connectivity index (χ0v) is 27.7. The second-order valence-corrected chi connectivity index (χ2v) is 12.9. The van der Waals surface area contributed by atoms with E-state index in [2.05, 4.69) is 169 Å². The minimum absolute atomic E-state index is 0.858. The maximum atomic E-state index is 6.41. The first-order valence-corrected chi connectivity index (χ1v) is 17.3. The molecule has 10 aromatic rings. The highest BCUT2D eigenvalue weighted by atomic mass is 16.3. The number of furan rings is 2. The van der Waals surface area contributed by atoms with E-state index in [0.29, 0.717) is 0 Å². The molecule has 3 nitrogen and oxygen atoms in total. The lowest BCUT2D eigenvalue weighted by Crippen LogP contribution is -2.11. The fourth-order valence-electron chi connectivity index (χ4n) is 7.54. The van der Waals surface area contributed by atoms with Crippen molar-refractivity contribution in [2.24, 2.45) is 0 Å². The van der Waals surface area contributed by atoms with Gasteiger partial charge in [-0.05, 0) is 82.4 Å². The summed E-state index contributed by atoms with van der Waals surface area (Å²) < 4.78 is 12.6. The number of nitrogens with zero attached hydrogens (tertiary/aromatic N) is 1. The van der Waals surface area contributed by atoms with Crippen LogP contribution in [-0.2, 0) is 0 Å². The first kappa shape index (κ1) is 29.1. The summed E-state index contributed by atoms with van der Waals surface area (Å²) in [5.41, 5.74) is 13.6. The van der Waals surface area contributed by atoms with Crippen LogP contribution in [0.15, 0.2) is 197 Å². The summed E-state index contributed by atoms with van der Waals surface area (Å²) in [5, 5.41) is 4.44. The summed E-state index contributed by atoms with van der Waals surface area (Å²) in [6, 6.07) is 66.2. The van der Waals surface area contributed by atoms with Gasteiger partial charge in [0.25, 0.3) is 0 Å². The first-order valence-electron chi connectivity index (χ1n) is 17.3. The average molecular weight is 654 g/mol. The molecule has 0 amide bonds. The average Bonchev–Trinajstić information content (AvgIpc) is 3.77. The van der Waals surface area contributed by atoms with Crippen LogP contribution >= 0.6 is 0 Å². The lowest BCUT2D eigenvalue weighted by atomic mass is 9.93. The third kappa shape index (κ3) is 4.90. The molecule has 0 radical (unpaired) electrons. The third-order valence-corrected chi connectivity index (χ3v) is 9.91. The minimum Gasteiger partial charge on any atom is -0.456 e. The maximum Gasteiger partial charge on any atom is 0.137 e. The van der Waals surface area contributed by atoms with Gasteiger partial charge in [0.15, 0.2) is 0 Å². The van der Waals surface area contributed by atoms with Gasteiger partial charge in [0.2, 0.25) is 0 Å². The molecule has 10 rings (SSSR count). The molecule has 8 aromatic carbocycles. The van der Waals surface area contributed by atoms with E-state index in [1.807, 2.05) is 24.3 Å². The number of para-hydroxylation sites is 3. The summed E-state index contributed by atoms with van der Waals surface area (Å²) in [4.78, 5) is 2.38. The van der Waals surface area contributed by atoms with Gasteiger partial charge in [-0.2, -0.15) is 0 Å². The van der Waals surface area contributed by atoms with Crippen LogP contribution in [0.5, 0.6) is 0 Å². The summed E-state index contributed by atoms with van der Waals surface area (Å²) in [6.45, 7) is 0. The molecule has 0 fully saturated rings. The van der Waals surface area contributed by atoms with Crippen LogP contribution in [-0.4, -0.2) is 0 Å². The van der Waals surface area contributed by atoms with Crippen molar-refractivity contribution in [3.8, 4) is 33.4 Å². The number of fused-ring (bicyclic) bond motifs is 6. The Morgan fingerprint density at radius 3 is 1.71 bits per heavy atom. The summed E-state index contributed by atoms with van der Waals surface area (Å²) in [5.74, 6) is 0. The Bertz CT molecular complexity index is 2860. The lowest BCUT2D eigenvalue weighted by Gasteiger charge is -2.29. The molecule has 0 saturated carbocycles. The van der Waals surface area contributed by atoms with E-state index in [0.717, 1.165) is 77.6 Å². The molecule has 0 aliphatic heterocycles. The van der Waals surface area contributed by atoms with Crippen LogP contribution in [0.2, 0.25) is 0 Å². The van der Waals surface area contributed by atoms with E-state index < -0.39 is 0 Å². The van der Waals surface area contributed by atoms with Gasteiger partial charge in [0, 0.05) is 27.4 Å². The van der Waals surface area contributed by atoms with E-state index in [9.17, 15) is 0 Å². The van der Waals surface area contributed by atoms with Crippen molar-refractivity contribution in [1.82, 2.24) is 0 Å². The molecule has 0 aliphatic rings. The zero-order valence-electron chi connectivity index (χ0n) is 27.7. The van der Waals surface area contributed by atoms with Gasteiger partial charge in [-0.3, -0.25) is 0 Å². The zero-order chi connectivity index (χ0) is 33.7. The standard InChI is InChI=1S/C48H31NO2/c1-2-13-33(14-3-1)36-15-4-5-16-37(36)38-17-6-9-20-42(38)49(43-21-12-24-46-48(43)41-19-8-11-23-45(41)50-46)35-28-25-32(26-29-35)34-27-30-40-39-18-7-10-22-44(39)51-47(40)31-34/h1-31H. The topological polar surface area (TPSA) is 29.5 Å². The first-order chi connectivity index (χ1) is 25.3. The van der Waals surface area contributed by atoms with Crippen LogP contribution in [0, 0.1) is 0 Å². The molecule has 0 bridgehead atoms. The Kier molecular flexibility index (Phi) is 6.81. The Hall–Kier alpha value is -6.84. The Morgan fingerprint density at radius 2 is 0.882 bits per heavy atom. The predicted molar refractivity (Wildman–Crippen MR) is 212 cm³/mol. The van der Waals surface area contributed by atoms with Gasteiger partial charge in [-0.1, -0.05) is 133 Å². The third-order valence-electron chi connectivity index (χ3n) is 9.91. The van der Waals surface area contributed by atoms with E-state index in [1.165, 1.54) is 16.7 Å². The second kappa shape index (κ2) is 11.9. The summed E-state index contributed by atoms with van der Waals surface area (Å²) in [7, 11) is 0. The number of rotatable bonds is 6. The fourth-order valence-corrected chi connectivity index (χ4v) is 7.54. The Labute approximate surface area is 295 Å². The maximum absolute atomic E-state index is 6.41. The molecule has 240 valence electrons. The highest BCUT2D eigenvalue weighted by molar-refractivity contribution is 6.14. The molecule has 51 heavy (non-hydrogen) atoms. The van der Waals surface area contributed by atoms with Crippen LogP contribution in [0.4, 0.5) is 17.1 Å². The molecular formula is C48H31NO2. The van der Waals surface area contributed by atoms with Crippen molar-refractivity contribution in [3.05, 3.63) is 188 Å². The largest absolute Gasteiger partial charge is 0.456 e. The van der Waals surface area contributed by atoms with Crippen LogP contribution in [0.25, 0.3) is 77.3 Å². The van der Waals surface area contributed by atoms with Gasteiger partial charge < -0.3 is 13.7 Å². The highest BCUT2D eigenvalue weighted by Gasteiger charge is 2.23. The van der Waals surface area contributed by atoms with E-state index in [-0.39, 0.29) is 0 Å². The molecular weight excluding hydrogens is 623 g/mol. The van der Waals surface area contributed by atoms with Crippen molar-refractivity contribution in [3.63, 3.8) is 0 Å². The van der Waals surface area contributed by atoms with Crippen LogP contribution < -0.4 is 4.90 Å². The smallest absolute Gasteiger partial charge is 0.137 e. The number of hydrogen-bond donors (Lipinski definition) is 0. The molecule has 0 aliphatic carbocycles. The monoisotopic (exact) mass is 653 g/mol. The van der Waals surface area contributed by atoms with Crippen molar-refractivity contribution in [2.45, 2.75) is 0 Å². The second-order valence-electron chi connectivity index (χ2n) is 12.9. The Morgan fingerprint density at radius 1 is 0.314 bits per heavy atom. The van der Waals surface area contributed by atoms with Gasteiger partial charge in [0.05, 0.1) is 16.8 Å². The number of benzene rings is 8. The van der Waals surface area contributed by atoms with Crippen molar-refractivity contribution >= 4 is 60.9 Å². The molecule has 0 spiro atoms. The quantitative estimate of drug-likeness (QED) is 0.179. The van der Waals surface area contributed by atoms with Crippen LogP contribution in [0.1, 0.15) is 0 Å². The molecule has 0 N–H and O–H groups in total. The fraction of sp³-hybridized carbons (Fsp3) is 0. The normalized spacial score (nSPS) is 11.5. The van der Waals surface area contributed by atoms with E-state index >= 15 is 0 Å². The molecule has 2 heterocycles. The summed E-state index contributed by atoms with van der Waals surface area (Å²) in [6.07, 6.45) is 0. The van der Waals surface area contributed by atoms with Gasteiger partial charge in [-0.25, -0.2) is 0 Å². The summed E-state index contributed by atoms with van der Waals surface area (Å²) >= 11 is 0.